The number of nitrogens with one attached hydrogen (secondary N) is 1. The Morgan fingerprint density at radius 1 is 1.17 bits per heavy atom. The number of aromatic nitrogens is 2. The molecule has 1 N–H and O–H groups in total. The Hall–Kier alpha value is -2.54. The van der Waals surface area contributed by atoms with E-state index in [-0.39, 0.29) is 11.3 Å². The van der Waals surface area contributed by atoms with Gasteiger partial charge in [0.05, 0.1) is 10.9 Å². The average molecular weight is 393 g/mol. The number of fused-ring (bicyclic) bond motifs is 1. The maximum Gasteiger partial charge on any atom is 0.387 e. The Bertz CT molecular complexity index is 970. The van der Waals surface area contributed by atoms with Crippen LogP contribution in [0.5, 0.6) is 5.75 Å². The van der Waals surface area contributed by atoms with Crippen LogP contribution in [0.1, 0.15) is 11.4 Å². The molecule has 24 heavy (non-hydrogen) atoms. The highest BCUT2D eigenvalue weighted by Crippen LogP contribution is 2.26. The van der Waals surface area contributed by atoms with Crippen LogP contribution in [0.15, 0.2) is 51.7 Å². The van der Waals surface area contributed by atoms with E-state index in [1.54, 1.807) is 42.5 Å². The molecular formula is C17H11BrF2N2O2. The molecule has 3 aromatic rings. The lowest BCUT2D eigenvalue weighted by Crippen LogP contribution is -2.09. The van der Waals surface area contributed by atoms with Crippen molar-refractivity contribution in [3.63, 3.8) is 0 Å². The van der Waals surface area contributed by atoms with E-state index in [0.717, 1.165) is 0 Å². The number of halogens is 3. The third-order valence-electron chi connectivity index (χ3n) is 3.24. The van der Waals surface area contributed by atoms with Gasteiger partial charge in [0.25, 0.3) is 5.56 Å². The standard InChI is InChI=1S/C17H11BrF2N2O2/c18-11-6-7-14(24-17(19)20)10(9-11)5-8-15-21-13-4-2-1-3-12(13)16(23)22-15/h1-9,17H,(H,21,22,23). The Labute approximate surface area is 143 Å². The minimum absolute atomic E-state index is 0.0348. The molecule has 7 heteroatoms. The van der Waals surface area contributed by atoms with Gasteiger partial charge in [-0.05, 0) is 42.5 Å². The quantitative estimate of drug-likeness (QED) is 0.712. The van der Waals surface area contributed by atoms with Crippen LogP contribution in [-0.4, -0.2) is 16.6 Å². The molecule has 0 aliphatic heterocycles. The monoisotopic (exact) mass is 392 g/mol. The topological polar surface area (TPSA) is 55.0 Å². The third-order valence-corrected chi connectivity index (χ3v) is 3.73. The molecule has 0 unspecified atom stereocenters. The molecule has 0 spiro atoms. The van der Waals surface area contributed by atoms with Crippen LogP contribution in [0.25, 0.3) is 23.1 Å². The zero-order valence-electron chi connectivity index (χ0n) is 12.2. The fourth-order valence-electron chi connectivity index (χ4n) is 2.21. The van der Waals surface area contributed by atoms with Crippen molar-refractivity contribution in [3.8, 4) is 5.75 Å². The van der Waals surface area contributed by atoms with Gasteiger partial charge in [0.2, 0.25) is 0 Å². The molecule has 0 aliphatic rings. The SMILES string of the molecule is O=c1[nH]c(C=Cc2cc(Br)ccc2OC(F)F)nc2ccccc12. The summed E-state index contributed by atoms with van der Waals surface area (Å²) >= 11 is 3.28. The maximum atomic E-state index is 12.5. The van der Waals surface area contributed by atoms with Gasteiger partial charge in [-0.3, -0.25) is 4.79 Å². The minimum Gasteiger partial charge on any atom is -0.434 e. The van der Waals surface area contributed by atoms with Gasteiger partial charge in [0.15, 0.2) is 0 Å². The van der Waals surface area contributed by atoms with Crippen molar-refractivity contribution in [2.45, 2.75) is 6.61 Å². The summed E-state index contributed by atoms with van der Waals surface area (Å²) in [6, 6.07) is 11.6. The number of para-hydroxylation sites is 1. The van der Waals surface area contributed by atoms with Crippen LogP contribution in [-0.2, 0) is 0 Å². The van der Waals surface area contributed by atoms with Gasteiger partial charge in [-0.1, -0.05) is 28.1 Å². The van der Waals surface area contributed by atoms with E-state index in [2.05, 4.69) is 30.6 Å². The number of alkyl halides is 2. The average Bonchev–Trinajstić information content (AvgIpc) is 2.55. The van der Waals surface area contributed by atoms with Crippen molar-refractivity contribution < 1.29 is 13.5 Å². The molecular weight excluding hydrogens is 382 g/mol. The fourth-order valence-corrected chi connectivity index (χ4v) is 2.58. The van der Waals surface area contributed by atoms with E-state index in [0.29, 0.717) is 26.8 Å². The summed E-state index contributed by atoms with van der Waals surface area (Å²) < 4.78 is 30.1. The third kappa shape index (κ3) is 3.68. The van der Waals surface area contributed by atoms with Crippen molar-refractivity contribution in [2.75, 3.05) is 0 Å². The summed E-state index contributed by atoms with van der Waals surface area (Å²) in [5.41, 5.74) is 0.721. The number of hydrogen-bond donors (Lipinski definition) is 1. The highest BCUT2D eigenvalue weighted by Gasteiger charge is 2.08. The predicted molar refractivity (Wildman–Crippen MR) is 92.1 cm³/mol. The summed E-state index contributed by atoms with van der Waals surface area (Å²) in [4.78, 5) is 19.0. The van der Waals surface area contributed by atoms with E-state index >= 15 is 0 Å². The van der Waals surface area contributed by atoms with E-state index in [1.807, 2.05) is 0 Å². The van der Waals surface area contributed by atoms with E-state index < -0.39 is 6.61 Å². The van der Waals surface area contributed by atoms with E-state index in [1.165, 1.54) is 12.1 Å². The Morgan fingerprint density at radius 3 is 2.75 bits per heavy atom. The first-order valence-corrected chi connectivity index (χ1v) is 7.74. The molecule has 0 saturated heterocycles. The predicted octanol–water partition coefficient (Wildman–Crippen LogP) is 4.46. The van der Waals surface area contributed by atoms with Gasteiger partial charge < -0.3 is 9.72 Å². The molecule has 122 valence electrons. The molecule has 0 atom stereocenters. The number of benzene rings is 2. The first kappa shape index (κ1) is 16.3. The first-order valence-electron chi connectivity index (χ1n) is 6.94. The normalized spacial score (nSPS) is 11.5. The number of H-pyrrole nitrogens is 1. The number of ether oxygens (including phenoxy) is 1. The highest BCUT2D eigenvalue weighted by atomic mass is 79.9. The molecule has 0 saturated carbocycles. The smallest absolute Gasteiger partial charge is 0.387 e. The number of nitrogens with zero attached hydrogens (tertiary/aromatic N) is 1. The lowest BCUT2D eigenvalue weighted by atomic mass is 10.2. The van der Waals surface area contributed by atoms with Crippen molar-refractivity contribution in [1.29, 1.82) is 0 Å². The Balaban J connectivity index is 1.99. The zero-order chi connectivity index (χ0) is 17.1. The maximum absolute atomic E-state index is 12.5. The second-order valence-corrected chi connectivity index (χ2v) is 5.78. The highest BCUT2D eigenvalue weighted by molar-refractivity contribution is 9.10. The second-order valence-electron chi connectivity index (χ2n) is 4.86. The Kier molecular flexibility index (Phi) is 4.71. The molecule has 1 aromatic heterocycles. The van der Waals surface area contributed by atoms with Gasteiger partial charge >= 0.3 is 6.61 Å². The molecule has 1 heterocycles. The molecule has 2 aromatic carbocycles. The van der Waals surface area contributed by atoms with Crippen LogP contribution in [0.3, 0.4) is 0 Å². The summed E-state index contributed by atoms with van der Waals surface area (Å²) in [7, 11) is 0. The van der Waals surface area contributed by atoms with Gasteiger partial charge in [-0.25, -0.2) is 4.98 Å². The zero-order valence-corrected chi connectivity index (χ0v) is 13.8. The number of rotatable bonds is 4. The van der Waals surface area contributed by atoms with E-state index in [9.17, 15) is 13.6 Å². The molecule has 0 bridgehead atoms. The van der Waals surface area contributed by atoms with Crippen molar-refractivity contribution in [3.05, 3.63) is 68.7 Å². The van der Waals surface area contributed by atoms with E-state index in [4.69, 9.17) is 0 Å². The summed E-state index contributed by atoms with van der Waals surface area (Å²) in [5, 5.41) is 0.485. The summed E-state index contributed by atoms with van der Waals surface area (Å²) in [6.07, 6.45) is 3.09. The second kappa shape index (κ2) is 6.92. The van der Waals surface area contributed by atoms with Gasteiger partial charge in [0.1, 0.15) is 11.6 Å². The molecule has 0 fully saturated rings. The van der Waals surface area contributed by atoms with Crippen LogP contribution >= 0.6 is 15.9 Å². The lowest BCUT2D eigenvalue weighted by molar-refractivity contribution is -0.0499. The van der Waals surface area contributed by atoms with Crippen LogP contribution in [0.2, 0.25) is 0 Å². The van der Waals surface area contributed by atoms with Crippen molar-refractivity contribution in [2.24, 2.45) is 0 Å². The van der Waals surface area contributed by atoms with Gasteiger partial charge in [0, 0.05) is 10.0 Å². The fraction of sp³-hybridized carbons (Fsp3) is 0.0588. The molecule has 4 nitrogen and oxygen atoms in total. The van der Waals surface area contributed by atoms with Crippen LogP contribution in [0, 0.1) is 0 Å². The summed E-state index contributed by atoms with van der Waals surface area (Å²) in [5.74, 6) is 0.356. The van der Waals surface area contributed by atoms with Crippen molar-refractivity contribution in [1.82, 2.24) is 9.97 Å². The number of aromatic amines is 1. The largest absolute Gasteiger partial charge is 0.434 e. The van der Waals surface area contributed by atoms with Gasteiger partial charge in [-0.15, -0.1) is 0 Å². The van der Waals surface area contributed by atoms with Crippen LogP contribution in [0.4, 0.5) is 8.78 Å². The van der Waals surface area contributed by atoms with Crippen molar-refractivity contribution >= 4 is 39.0 Å². The molecule has 0 aliphatic carbocycles. The molecule has 0 amide bonds. The lowest BCUT2D eigenvalue weighted by Gasteiger charge is -2.08. The summed E-state index contributed by atoms with van der Waals surface area (Å²) in [6.45, 7) is -2.92. The van der Waals surface area contributed by atoms with Crippen LogP contribution < -0.4 is 10.3 Å². The first-order chi connectivity index (χ1) is 11.5. The minimum atomic E-state index is -2.92. The molecule has 0 radical (unpaired) electrons. The Morgan fingerprint density at radius 2 is 1.96 bits per heavy atom. The van der Waals surface area contributed by atoms with Gasteiger partial charge in [-0.2, -0.15) is 8.78 Å². The number of hydrogen-bond acceptors (Lipinski definition) is 3. The molecule has 3 rings (SSSR count).